The molecule has 0 atom stereocenters. The minimum absolute atomic E-state index is 0.0796. The van der Waals surface area contributed by atoms with Crippen LogP contribution in [0.1, 0.15) is 11.6 Å². The fourth-order valence-electron chi connectivity index (χ4n) is 0.685. The van der Waals surface area contributed by atoms with Crippen molar-refractivity contribution in [3.63, 3.8) is 0 Å². The summed E-state index contributed by atoms with van der Waals surface area (Å²) in [7, 11) is 0. The molecule has 0 bridgehead atoms. The minimum Gasteiger partial charge on any atom is -0.213 e. The quantitative estimate of drug-likeness (QED) is 0.436. The monoisotopic (exact) mass is 252 g/mol. The Hall–Kier alpha value is -0.740. The van der Waals surface area contributed by atoms with E-state index in [0.29, 0.717) is 5.82 Å². The van der Waals surface area contributed by atoms with Gasteiger partial charge in [0.15, 0.2) is 5.82 Å². The van der Waals surface area contributed by atoms with Crippen LogP contribution < -0.4 is 0 Å². The third kappa shape index (κ3) is 2.89. The Morgan fingerprint density at radius 1 is 1.29 bits per heavy atom. The standard InChI is InChI=1S/C6H3Cl3N4O/c1-3-11-4(6(7,8)9)13-5(12-3)10-2-14/h1H3. The number of alkyl halides is 3. The lowest BCUT2D eigenvalue weighted by Crippen LogP contribution is -2.09. The highest BCUT2D eigenvalue weighted by atomic mass is 35.6. The van der Waals surface area contributed by atoms with E-state index in [1.54, 1.807) is 6.92 Å². The maximum absolute atomic E-state index is 9.96. The Morgan fingerprint density at radius 2 is 1.93 bits per heavy atom. The summed E-state index contributed by atoms with van der Waals surface area (Å²) in [4.78, 5) is 24.3. The van der Waals surface area contributed by atoms with Gasteiger partial charge in [0.1, 0.15) is 5.82 Å². The van der Waals surface area contributed by atoms with Gasteiger partial charge in [-0.1, -0.05) is 34.8 Å². The van der Waals surface area contributed by atoms with Crippen LogP contribution in [0.4, 0.5) is 5.95 Å². The van der Waals surface area contributed by atoms with Crippen LogP contribution in [-0.4, -0.2) is 21.0 Å². The lowest BCUT2D eigenvalue weighted by atomic mass is 10.6. The molecule has 74 valence electrons. The van der Waals surface area contributed by atoms with Crippen LogP contribution in [0.25, 0.3) is 0 Å². The third-order valence-corrected chi connectivity index (χ3v) is 1.64. The van der Waals surface area contributed by atoms with E-state index in [0.717, 1.165) is 0 Å². The number of isocyanates is 1. The molecule has 0 saturated heterocycles. The molecule has 0 aromatic carbocycles. The summed E-state index contributed by atoms with van der Waals surface area (Å²) in [6.07, 6.45) is 1.28. The zero-order valence-electron chi connectivity index (χ0n) is 6.83. The Balaban J connectivity index is 3.27. The molecule has 0 aliphatic heterocycles. The minimum atomic E-state index is -1.76. The fraction of sp³-hybridized carbons (Fsp3) is 0.333. The molecule has 1 heterocycles. The number of rotatable bonds is 1. The second-order valence-electron chi connectivity index (χ2n) is 2.21. The molecule has 0 unspecified atom stereocenters. The molecule has 0 saturated carbocycles. The predicted molar refractivity (Wildman–Crippen MR) is 51.6 cm³/mol. The number of hydrogen-bond acceptors (Lipinski definition) is 5. The Labute approximate surface area is 94.2 Å². The molecule has 0 aliphatic carbocycles. The zero-order valence-corrected chi connectivity index (χ0v) is 9.10. The van der Waals surface area contributed by atoms with Crippen LogP contribution in [0.2, 0.25) is 0 Å². The Bertz CT molecular complexity index is 397. The van der Waals surface area contributed by atoms with Gasteiger partial charge in [-0.25, -0.2) is 9.78 Å². The van der Waals surface area contributed by atoms with Crippen LogP contribution >= 0.6 is 34.8 Å². The van der Waals surface area contributed by atoms with Gasteiger partial charge in [0.05, 0.1) is 0 Å². The van der Waals surface area contributed by atoms with Crippen LogP contribution in [0.3, 0.4) is 0 Å². The lowest BCUT2D eigenvalue weighted by molar-refractivity contribution is 0.565. The Morgan fingerprint density at radius 3 is 2.43 bits per heavy atom. The number of aryl methyl sites for hydroxylation is 1. The maximum atomic E-state index is 9.96. The average molecular weight is 253 g/mol. The first-order chi connectivity index (χ1) is 6.43. The first-order valence-corrected chi connectivity index (χ1v) is 4.44. The molecule has 1 aromatic heterocycles. The topological polar surface area (TPSA) is 68.1 Å². The summed E-state index contributed by atoms with van der Waals surface area (Å²) in [6, 6.07) is 0. The van der Waals surface area contributed by atoms with Crippen molar-refractivity contribution in [2.24, 2.45) is 4.99 Å². The molecule has 0 aliphatic rings. The largest absolute Gasteiger partial charge is 0.264 e. The van der Waals surface area contributed by atoms with E-state index in [-0.39, 0.29) is 11.8 Å². The Kier molecular flexibility index (Phi) is 3.39. The molecule has 0 spiro atoms. The van der Waals surface area contributed by atoms with Crippen molar-refractivity contribution in [1.82, 2.24) is 15.0 Å². The molecular formula is C6H3Cl3N4O. The zero-order chi connectivity index (χ0) is 10.8. The van der Waals surface area contributed by atoms with Crippen molar-refractivity contribution >= 4 is 46.8 Å². The van der Waals surface area contributed by atoms with Crippen molar-refractivity contribution in [1.29, 1.82) is 0 Å². The lowest BCUT2D eigenvalue weighted by Gasteiger charge is -2.08. The smallest absolute Gasteiger partial charge is 0.213 e. The van der Waals surface area contributed by atoms with Gasteiger partial charge >= 0.3 is 0 Å². The molecule has 14 heavy (non-hydrogen) atoms. The number of halogens is 3. The maximum Gasteiger partial charge on any atom is 0.264 e. The summed E-state index contributed by atoms with van der Waals surface area (Å²) in [5.74, 6) is 0.0909. The first kappa shape index (κ1) is 11.3. The van der Waals surface area contributed by atoms with Gasteiger partial charge in [-0.2, -0.15) is 9.97 Å². The van der Waals surface area contributed by atoms with Crippen molar-refractivity contribution < 1.29 is 4.79 Å². The van der Waals surface area contributed by atoms with Gasteiger partial charge < -0.3 is 0 Å². The highest BCUT2D eigenvalue weighted by molar-refractivity contribution is 6.66. The number of carbonyl (C=O) groups excluding carboxylic acids is 1. The van der Waals surface area contributed by atoms with Gasteiger partial charge in [-0.15, -0.1) is 4.99 Å². The molecule has 0 N–H and O–H groups in total. The average Bonchev–Trinajstić information content (AvgIpc) is 2.02. The van der Waals surface area contributed by atoms with E-state index in [2.05, 4.69) is 19.9 Å². The van der Waals surface area contributed by atoms with E-state index < -0.39 is 3.79 Å². The normalized spacial score (nSPS) is 10.9. The van der Waals surface area contributed by atoms with E-state index >= 15 is 0 Å². The van der Waals surface area contributed by atoms with Crippen molar-refractivity contribution in [2.45, 2.75) is 10.7 Å². The van der Waals surface area contributed by atoms with E-state index in [1.807, 2.05) is 0 Å². The second-order valence-corrected chi connectivity index (χ2v) is 4.49. The molecule has 0 amide bonds. The van der Waals surface area contributed by atoms with Crippen LogP contribution in [-0.2, 0) is 8.59 Å². The fourth-order valence-corrected chi connectivity index (χ4v) is 0.939. The number of hydrogen-bond donors (Lipinski definition) is 0. The molecule has 8 heteroatoms. The third-order valence-electron chi connectivity index (χ3n) is 1.13. The second kappa shape index (κ2) is 4.19. The van der Waals surface area contributed by atoms with Crippen LogP contribution in [0.15, 0.2) is 4.99 Å². The summed E-state index contributed by atoms with van der Waals surface area (Å²) in [6.45, 7) is 1.56. The van der Waals surface area contributed by atoms with Crippen LogP contribution in [0, 0.1) is 6.92 Å². The molecule has 1 aromatic rings. The SMILES string of the molecule is Cc1nc(N=C=O)nc(C(Cl)(Cl)Cl)n1. The number of nitrogens with zero attached hydrogens (tertiary/aromatic N) is 4. The van der Waals surface area contributed by atoms with Gasteiger partial charge in [0, 0.05) is 0 Å². The van der Waals surface area contributed by atoms with Gasteiger partial charge in [-0.3, -0.25) is 0 Å². The van der Waals surface area contributed by atoms with Gasteiger partial charge in [-0.05, 0) is 6.92 Å². The summed E-state index contributed by atoms with van der Waals surface area (Å²) >= 11 is 16.6. The molecule has 0 radical (unpaired) electrons. The van der Waals surface area contributed by atoms with Crippen molar-refractivity contribution in [3.8, 4) is 0 Å². The molecule has 5 nitrogen and oxygen atoms in total. The van der Waals surface area contributed by atoms with Gasteiger partial charge in [0.25, 0.3) is 5.95 Å². The van der Waals surface area contributed by atoms with E-state index in [1.165, 1.54) is 6.08 Å². The number of aromatic nitrogens is 3. The first-order valence-electron chi connectivity index (χ1n) is 3.31. The summed E-state index contributed by atoms with van der Waals surface area (Å²) < 4.78 is -1.76. The van der Waals surface area contributed by atoms with Crippen LogP contribution in [0.5, 0.6) is 0 Å². The molecule has 1 rings (SSSR count). The predicted octanol–water partition coefficient (Wildman–Crippen LogP) is 1.97. The highest BCUT2D eigenvalue weighted by Crippen LogP contribution is 2.36. The number of aliphatic imine (C=N–C) groups is 1. The summed E-state index contributed by atoms with van der Waals surface area (Å²) in [5, 5.41) is 0. The molecular weight excluding hydrogens is 250 g/mol. The van der Waals surface area contributed by atoms with Gasteiger partial charge in [0.2, 0.25) is 9.87 Å². The van der Waals surface area contributed by atoms with E-state index in [9.17, 15) is 4.79 Å². The van der Waals surface area contributed by atoms with Crippen molar-refractivity contribution in [2.75, 3.05) is 0 Å². The molecule has 0 fully saturated rings. The highest BCUT2D eigenvalue weighted by Gasteiger charge is 2.27. The summed E-state index contributed by atoms with van der Waals surface area (Å²) in [5.41, 5.74) is 0. The van der Waals surface area contributed by atoms with Crippen molar-refractivity contribution in [3.05, 3.63) is 11.6 Å². The van der Waals surface area contributed by atoms with E-state index in [4.69, 9.17) is 34.8 Å².